The number of aryl methyl sites for hydroxylation is 1. The predicted molar refractivity (Wildman–Crippen MR) is 131 cm³/mol. The van der Waals surface area contributed by atoms with Gasteiger partial charge in [0.25, 0.3) is 0 Å². The number of methoxy groups -OCH3 is 1. The zero-order chi connectivity index (χ0) is 24.4. The molecule has 0 spiro atoms. The van der Waals surface area contributed by atoms with E-state index in [1.165, 1.54) is 6.26 Å². The highest BCUT2D eigenvalue weighted by atomic mass is 16.5. The van der Waals surface area contributed by atoms with E-state index in [2.05, 4.69) is 0 Å². The van der Waals surface area contributed by atoms with Crippen LogP contribution < -0.4 is 24.4 Å². The highest BCUT2D eigenvalue weighted by molar-refractivity contribution is 5.92. The second-order valence-corrected chi connectivity index (χ2v) is 8.12. The Morgan fingerprint density at radius 3 is 2.49 bits per heavy atom. The zero-order valence-electron chi connectivity index (χ0n) is 19.5. The van der Waals surface area contributed by atoms with Crippen LogP contribution in [0.3, 0.4) is 0 Å². The standard InChI is InChI=1S/C28H24O7/c1-3-17-13-21-25(15-24(17)35-28(30)18-5-8-20(31-2)9-6-18)34-16-22(27(21)29)19-7-10-23-26(14-19)33-12-4-11-32-23/h5-10,13-16H,3-4,11-12H2,1-2H3. The average Bonchev–Trinajstić information content (AvgIpc) is 3.13. The molecule has 4 aromatic rings. The van der Waals surface area contributed by atoms with Crippen LogP contribution in [0.5, 0.6) is 23.0 Å². The molecule has 35 heavy (non-hydrogen) atoms. The Morgan fingerprint density at radius 1 is 0.971 bits per heavy atom. The Morgan fingerprint density at radius 2 is 1.74 bits per heavy atom. The van der Waals surface area contributed by atoms with Crippen LogP contribution in [-0.2, 0) is 6.42 Å². The van der Waals surface area contributed by atoms with Gasteiger partial charge in [-0.3, -0.25) is 4.79 Å². The Bertz CT molecular complexity index is 1450. The largest absolute Gasteiger partial charge is 0.497 e. The first-order valence-electron chi connectivity index (χ1n) is 11.4. The summed E-state index contributed by atoms with van der Waals surface area (Å²) in [6.07, 6.45) is 2.78. The molecular formula is C28H24O7. The molecule has 0 aliphatic carbocycles. The molecule has 0 N–H and O–H groups in total. The Hall–Kier alpha value is -4.26. The van der Waals surface area contributed by atoms with Gasteiger partial charge in [-0.1, -0.05) is 13.0 Å². The summed E-state index contributed by atoms with van der Waals surface area (Å²) in [5.74, 6) is 1.76. The van der Waals surface area contributed by atoms with Crippen LogP contribution in [0.15, 0.2) is 70.1 Å². The van der Waals surface area contributed by atoms with Crippen LogP contribution in [0.1, 0.15) is 29.3 Å². The first kappa shape index (κ1) is 22.5. The Kier molecular flexibility index (Phi) is 6.14. The third kappa shape index (κ3) is 4.45. The number of ether oxygens (including phenoxy) is 4. The lowest BCUT2D eigenvalue weighted by Crippen LogP contribution is -2.11. The summed E-state index contributed by atoms with van der Waals surface area (Å²) in [7, 11) is 1.56. The van der Waals surface area contributed by atoms with Gasteiger partial charge >= 0.3 is 5.97 Å². The van der Waals surface area contributed by atoms with E-state index in [9.17, 15) is 9.59 Å². The number of benzene rings is 3. The van der Waals surface area contributed by atoms with Gasteiger partial charge in [-0.15, -0.1) is 0 Å². The molecule has 178 valence electrons. The molecule has 1 aromatic heterocycles. The van der Waals surface area contributed by atoms with E-state index in [0.29, 0.717) is 70.3 Å². The molecular weight excluding hydrogens is 448 g/mol. The molecule has 0 bridgehead atoms. The quantitative estimate of drug-likeness (QED) is 0.284. The normalized spacial score (nSPS) is 12.7. The zero-order valence-corrected chi connectivity index (χ0v) is 19.5. The van der Waals surface area contributed by atoms with Gasteiger partial charge in [-0.2, -0.15) is 0 Å². The van der Waals surface area contributed by atoms with E-state index < -0.39 is 5.97 Å². The number of esters is 1. The highest BCUT2D eigenvalue weighted by Gasteiger charge is 2.18. The lowest BCUT2D eigenvalue weighted by atomic mass is 10.0. The number of hydrogen-bond donors (Lipinski definition) is 0. The first-order valence-corrected chi connectivity index (χ1v) is 11.4. The molecule has 0 atom stereocenters. The van der Waals surface area contributed by atoms with Gasteiger partial charge in [-0.05, 0) is 60.0 Å². The maximum Gasteiger partial charge on any atom is 0.343 e. The summed E-state index contributed by atoms with van der Waals surface area (Å²) in [6, 6.07) is 15.4. The summed E-state index contributed by atoms with van der Waals surface area (Å²) in [5, 5.41) is 0.413. The average molecular weight is 472 g/mol. The van der Waals surface area contributed by atoms with E-state index in [0.717, 1.165) is 12.0 Å². The molecule has 7 nitrogen and oxygen atoms in total. The van der Waals surface area contributed by atoms with Gasteiger partial charge in [0.2, 0.25) is 5.43 Å². The minimum atomic E-state index is -0.507. The molecule has 0 saturated carbocycles. The number of carbonyl (C=O) groups is 1. The second-order valence-electron chi connectivity index (χ2n) is 8.12. The van der Waals surface area contributed by atoms with E-state index >= 15 is 0 Å². The molecule has 0 unspecified atom stereocenters. The Balaban J connectivity index is 1.49. The van der Waals surface area contributed by atoms with Crippen molar-refractivity contribution in [1.82, 2.24) is 0 Å². The van der Waals surface area contributed by atoms with Crippen LogP contribution in [0, 0.1) is 0 Å². The van der Waals surface area contributed by atoms with Gasteiger partial charge in [0, 0.05) is 12.5 Å². The summed E-state index contributed by atoms with van der Waals surface area (Å²) in [5.41, 5.74) is 2.36. The molecule has 0 fully saturated rings. The molecule has 1 aliphatic rings. The van der Waals surface area contributed by atoms with Gasteiger partial charge < -0.3 is 23.4 Å². The fraction of sp³-hybridized carbons (Fsp3) is 0.214. The third-order valence-corrected chi connectivity index (χ3v) is 5.92. The molecule has 5 rings (SSSR count). The molecule has 1 aliphatic heterocycles. The second kappa shape index (κ2) is 9.54. The first-order chi connectivity index (χ1) is 17.1. The topological polar surface area (TPSA) is 84.2 Å². The van der Waals surface area contributed by atoms with Gasteiger partial charge in [0.1, 0.15) is 23.3 Å². The monoisotopic (exact) mass is 472 g/mol. The van der Waals surface area contributed by atoms with Crippen molar-refractivity contribution >= 4 is 16.9 Å². The van der Waals surface area contributed by atoms with Crippen molar-refractivity contribution < 1.29 is 28.2 Å². The van der Waals surface area contributed by atoms with Crippen molar-refractivity contribution in [2.75, 3.05) is 20.3 Å². The summed E-state index contributed by atoms with van der Waals surface area (Å²) in [6.45, 7) is 3.08. The maximum atomic E-state index is 13.4. The minimum Gasteiger partial charge on any atom is -0.497 e. The molecule has 7 heteroatoms. The number of hydrogen-bond acceptors (Lipinski definition) is 7. The minimum absolute atomic E-state index is 0.177. The van der Waals surface area contributed by atoms with Crippen molar-refractivity contribution in [3.05, 3.63) is 82.2 Å². The maximum absolute atomic E-state index is 13.4. The number of fused-ring (bicyclic) bond motifs is 2. The highest BCUT2D eigenvalue weighted by Crippen LogP contribution is 2.34. The SMILES string of the molecule is CCc1cc2c(=O)c(-c3ccc4c(c3)OCCCO4)coc2cc1OC(=O)c1ccc(OC)cc1. The number of rotatable bonds is 5. The lowest BCUT2D eigenvalue weighted by molar-refractivity contribution is 0.0733. The van der Waals surface area contributed by atoms with Crippen LogP contribution in [0.2, 0.25) is 0 Å². The van der Waals surface area contributed by atoms with E-state index in [-0.39, 0.29) is 5.43 Å². The van der Waals surface area contributed by atoms with E-state index in [1.807, 2.05) is 13.0 Å². The molecule has 3 aromatic carbocycles. The van der Waals surface area contributed by atoms with Crippen LogP contribution >= 0.6 is 0 Å². The van der Waals surface area contributed by atoms with Crippen molar-refractivity contribution in [3.63, 3.8) is 0 Å². The van der Waals surface area contributed by atoms with Crippen molar-refractivity contribution in [2.45, 2.75) is 19.8 Å². The third-order valence-electron chi connectivity index (χ3n) is 5.92. The fourth-order valence-electron chi connectivity index (χ4n) is 3.99. The summed E-state index contributed by atoms with van der Waals surface area (Å²) >= 11 is 0. The van der Waals surface area contributed by atoms with Crippen molar-refractivity contribution in [1.29, 1.82) is 0 Å². The molecule has 0 amide bonds. The number of carbonyl (C=O) groups excluding carboxylic acids is 1. The smallest absolute Gasteiger partial charge is 0.343 e. The predicted octanol–water partition coefficient (Wildman–Crippen LogP) is 5.41. The summed E-state index contributed by atoms with van der Waals surface area (Å²) < 4.78 is 28.1. The van der Waals surface area contributed by atoms with Gasteiger partial charge in [0.05, 0.1) is 36.8 Å². The van der Waals surface area contributed by atoms with Crippen LogP contribution in [0.25, 0.3) is 22.1 Å². The molecule has 0 saturated heterocycles. The summed E-state index contributed by atoms with van der Waals surface area (Å²) in [4.78, 5) is 26.1. The van der Waals surface area contributed by atoms with Crippen LogP contribution in [-0.4, -0.2) is 26.3 Å². The van der Waals surface area contributed by atoms with Gasteiger partial charge in [-0.25, -0.2) is 4.79 Å². The van der Waals surface area contributed by atoms with Crippen molar-refractivity contribution in [2.24, 2.45) is 0 Å². The Labute approximate surface area is 201 Å². The lowest BCUT2D eigenvalue weighted by Gasteiger charge is -2.12. The molecule has 0 radical (unpaired) electrons. The van der Waals surface area contributed by atoms with E-state index in [4.69, 9.17) is 23.4 Å². The van der Waals surface area contributed by atoms with Crippen LogP contribution in [0.4, 0.5) is 0 Å². The fourth-order valence-corrected chi connectivity index (χ4v) is 3.99. The molecule has 2 heterocycles. The van der Waals surface area contributed by atoms with E-state index in [1.54, 1.807) is 55.6 Å². The van der Waals surface area contributed by atoms with Crippen molar-refractivity contribution in [3.8, 4) is 34.1 Å². The van der Waals surface area contributed by atoms with Gasteiger partial charge in [0.15, 0.2) is 11.5 Å².